The van der Waals surface area contributed by atoms with Gasteiger partial charge < -0.3 is 24.8 Å². The number of nitrogens with zero attached hydrogens (tertiary/aromatic N) is 6. The molecule has 0 amide bonds. The summed E-state index contributed by atoms with van der Waals surface area (Å²) in [7, 11) is 1.63. The minimum absolute atomic E-state index is 0.206. The molecule has 1 fully saturated rings. The summed E-state index contributed by atoms with van der Waals surface area (Å²) in [5.74, 6) is 1.96. The zero-order valence-electron chi connectivity index (χ0n) is 15.5. The van der Waals surface area contributed by atoms with Crippen LogP contribution in [-0.2, 0) is 9.47 Å². The van der Waals surface area contributed by atoms with Crippen molar-refractivity contribution in [2.24, 2.45) is 0 Å². The molecule has 146 valence electrons. The van der Waals surface area contributed by atoms with Crippen LogP contribution in [-0.4, -0.2) is 71.5 Å². The third-order valence-corrected chi connectivity index (χ3v) is 4.28. The summed E-state index contributed by atoms with van der Waals surface area (Å²) in [6.07, 6.45) is 3.23. The first-order valence-electron chi connectivity index (χ1n) is 8.96. The van der Waals surface area contributed by atoms with Gasteiger partial charge in [-0.1, -0.05) is 0 Å². The predicted octanol–water partition coefficient (Wildman–Crippen LogP) is 0.926. The number of hydrogen-bond donors (Lipinski definition) is 1. The monoisotopic (exact) mass is 383 g/mol. The highest BCUT2D eigenvalue weighted by molar-refractivity contribution is 5.88. The van der Waals surface area contributed by atoms with Crippen molar-refractivity contribution >= 4 is 22.8 Å². The summed E-state index contributed by atoms with van der Waals surface area (Å²) in [6, 6.07) is 3.66. The van der Waals surface area contributed by atoms with Crippen LogP contribution in [0.15, 0.2) is 24.5 Å². The van der Waals surface area contributed by atoms with Crippen LogP contribution in [0.2, 0.25) is 0 Å². The number of aromatic nitrogens is 5. The fraction of sp³-hybridized carbons (Fsp3) is 0.389. The maximum Gasteiger partial charge on any atom is 0.219 e. The van der Waals surface area contributed by atoms with Gasteiger partial charge in [-0.15, -0.1) is 0 Å². The third kappa shape index (κ3) is 3.92. The Kier molecular flexibility index (Phi) is 5.40. The van der Waals surface area contributed by atoms with Crippen LogP contribution in [0.5, 0.6) is 5.88 Å². The van der Waals surface area contributed by atoms with E-state index < -0.39 is 0 Å². The first-order valence-corrected chi connectivity index (χ1v) is 8.96. The van der Waals surface area contributed by atoms with E-state index in [2.05, 4.69) is 24.8 Å². The van der Waals surface area contributed by atoms with E-state index in [1.54, 1.807) is 25.6 Å². The molecule has 3 aromatic heterocycles. The van der Waals surface area contributed by atoms with Crippen LogP contribution in [0.3, 0.4) is 0 Å². The standard InChI is InChI=1S/C18H21N7O3/c1-26-8-9-28-14-3-2-13-15(23-14)17(25-4-6-27-7-5-25)24-16(22-13)12-10-20-18(19)21-11-12/h2-3,10-11H,4-9H2,1H3,(H2,19,20,21). The van der Waals surface area contributed by atoms with Crippen molar-refractivity contribution in [1.29, 1.82) is 0 Å². The second-order valence-corrected chi connectivity index (χ2v) is 6.16. The van der Waals surface area contributed by atoms with Crippen LogP contribution in [0.25, 0.3) is 22.4 Å². The van der Waals surface area contributed by atoms with Gasteiger partial charge in [0.05, 0.1) is 30.9 Å². The summed E-state index contributed by atoms with van der Waals surface area (Å²) in [5.41, 5.74) is 7.67. The van der Waals surface area contributed by atoms with Crippen molar-refractivity contribution in [2.45, 2.75) is 0 Å². The number of anilines is 2. The van der Waals surface area contributed by atoms with Gasteiger partial charge in [-0.25, -0.2) is 24.9 Å². The molecule has 0 atom stereocenters. The van der Waals surface area contributed by atoms with Crippen molar-refractivity contribution in [3.63, 3.8) is 0 Å². The summed E-state index contributed by atoms with van der Waals surface area (Å²) >= 11 is 0. The normalized spacial score (nSPS) is 14.4. The van der Waals surface area contributed by atoms with E-state index in [9.17, 15) is 0 Å². The van der Waals surface area contributed by atoms with Crippen molar-refractivity contribution in [1.82, 2.24) is 24.9 Å². The highest BCUT2D eigenvalue weighted by atomic mass is 16.5. The van der Waals surface area contributed by atoms with Gasteiger partial charge in [-0.2, -0.15) is 0 Å². The van der Waals surface area contributed by atoms with Crippen LogP contribution < -0.4 is 15.4 Å². The second-order valence-electron chi connectivity index (χ2n) is 6.16. The Balaban J connectivity index is 1.78. The second kappa shape index (κ2) is 8.28. The van der Waals surface area contributed by atoms with E-state index in [0.29, 0.717) is 54.7 Å². The van der Waals surface area contributed by atoms with Gasteiger partial charge in [0.1, 0.15) is 12.1 Å². The first-order chi connectivity index (χ1) is 13.7. The molecule has 28 heavy (non-hydrogen) atoms. The third-order valence-electron chi connectivity index (χ3n) is 4.28. The van der Waals surface area contributed by atoms with E-state index in [1.807, 2.05) is 6.07 Å². The zero-order chi connectivity index (χ0) is 19.3. The van der Waals surface area contributed by atoms with Gasteiger partial charge in [0.15, 0.2) is 11.6 Å². The molecule has 0 aromatic carbocycles. The molecule has 1 aliphatic heterocycles. The molecule has 0 aliphatic carbocycles. The Bertz CT molecular complexity index is 946. The van der Waals surface area contributed by atoms with E-state index in [1.165, 1.54) is 0 Å². The van der Waals surface area contributed by atoms with Gasteiger partial charge in [0.2, 0.25) is 11.8 Å². The maximum atomic E-state index is 5.66. The largest absolute Gasteiger partial charge is 0.475 e. The molecule has 10 heteroatoms. The SMILES string of the molecule is COCCOc1ccc2nc(-c3cnc(N)nc3)nc(N3CCOCC3)c2n1. The number of hydrogen-bond acceptors (Lipinski definition) is 10. The fourth-order valence-electron chi connectivity index (χ4n) is 2.87. The fourth-order valence-corrected chi connectivity index (χ4v) is 2.87. The van der Waals surface area contributed by atoms with Crippen LogP contribution >= 0.6 is 0 Å². The van der Waals surface area contributed by atoms with Crippen LogP contribution in [0, 0.1) is 0 Å². The van der Waals surface area contributed by atoms with Gasteiger partial charge in [-0.05, 0) is 6.07 Å². The number of rotatable bonds is 6. The Hall–Kier alpha value is -3.11. The molecule has 1 saturated heterocycles. The molecule has 0 saturated carbocycles. The summed E-state index contributed by atoms with van der Waals surface area (Å²) in [6.45, 7) is 3.62. The lowest BCUT2D eigenvalue weighted by Gasteiger charge is -2.28. The van der Waals surface area contributed by atoms with Crippen molar-refractivity contribution < 1.29 is 14.2 Å². The average Bonchev–Trinajstić information content (AvgIpc) is 2.74. The highest BCUT2D eigenvalue weighted by Gasteiger charge is 2.20. The molecule has 3 aromatic rings. The Labute approximate surface area is 161 Å². The first kappa shape index (κ1) is 18.3. The molecule has 2 N–H and O–H groups in total. The van der Waals surface area contributed by atoms with E-state index in [4.69, 9.17) is 24.9 Å². The Morgan fingerprint density at radius 2 is 1.86 bits per heavy atom. The molecule has 1 aliphatic rings. The number of ether oxygens (including phenoxy) is 3. The van der Waals surface area contributed by atoms with Gasteiger partial charge in [0.25, 0.3) is 0 Å². The number of pyridine rings is 1. The maximum absolute atomic E-state index is 5.66. The summed E-state index contributed by atoms with van der Waals surface area (Å²) in [4.78, 5) is 24.2. The lowest BCUT2D eigenvalue weighted by Crippen LogP contribution is -2.37. The van der Waals surface area contributed by atoms with Crippen LogP contribution in [0.1, 0.15) is 0 Å². The minimum atomic E-state index is 0.206. The van der Waals surface area contributed by atoms with E-state index >= 15 is 0 Å². The number of nitrogen functional groups attached to an aromatic ring is 1. The van der Waals surface area contributed by atoms with Gasteiger partial charge >= 0.3 is 0 Å². The van der Waals surface area contributed by atoms with Gasteiger partial charge in [0, 0.05) is 38.7 Å². The van der Waals surface area contributed by atoms with Gasteiger partial charge in [-0.3, -0.25) is 0 Å². The number of fused-ring (bicyclic) bond motifs is 1. The van der Waals surface area contributed by atoms with E-state index in [0.717, 1.165) is 18.9 Å². The number of methoxy groups -OCH3 is 1. The molecule has 4 heterocycles. The topological polar surface area (TPSA) is 121 Å². The molecule has 0 spiro atoms. The van der Waals surface area contributed by atoms with Crippen LogP contribution in [0.4, 0.5) is 11.8 Å². The number of nitrogens with two attached hydrogens (primary N) is 1. The molecular weight excluding hydrogens is 362 g/mol. The summed E-state index contributed by atoms with van der Waals surface area (Å²) < 4.78 is 16.2. The summed E-state index contributed by atoms with van der Waals surface area (Å²) in [5, 5.41) is 0. The molecule has 10 nitrogen and oxygen atoms in total. The average molecular weight is 383 g/mol. The number of morpholine rings is 1. The molecular formula is C18H21N7O3. The lowest BCUT2D eigenvalue weighted by atomic mass is 10.2. The molecule has 4 rings (SSSR count). The zero-order valence-corrected chi connectivity index (χ0v) is 15.5. The smallest absolute Gasteiger partial charge is 0.219 e. The quantitative estimate of drug-likeness (QED) is 0.615. The highest BCUT2D eigenvalue weighted by Crippen LogP contribution is 2.28. The molecule has 0 unspecified atom stereocenters. The van der Waals surface area contributed by atoms with Crippen molar-refractivity contribution in [3.8, 4) is 17.3 Å². The Morgan fingerprint density at radius 1 is 1.07 bits per heavy atom. The molecule has 0 bridgehead atoms. The Morgan fingerprint density at radius 3 is 2.61 bits per heavy atom. The molecule has 0 radical (unpaired) electrons. The predicted molar refractivity (Wildman–Crippen MR) is 103 cm³/mol. The minimum Gasteiger partial charge on any atom is -0.475 e. The lowest BCUT2D eigenvalue weighted by molar-refractivity contribution is 0.122. The van der Waals surface area contributed by atoms with Crippen molar-refractivity contribution in [3.05, 3.63) is 24.5 Å². The van der Waals surface area contributed by atoms with Crippen molar-refractivity contribution in [2.75, 3.05) is 57.3 Å². The van der Waals surface area contributed by atoms with E-state index in [-0.39, 0.29) is 5.95 Å².